The number of H-pyrrole nitrogens is 1. The number of para-hydroxylation sites is 1. The molecule has 4 unspecified atom stereocenters. The zero-order valence-electron chi connectivity index (χ0n) is 20.1. The number of nitrogens with zero attached hydrogens (tertiary/aromatic N) is 1. The van der Waals surface area contributed by atoms with Crippen molar-refractivity contribution in [2.45, 2.75) is 49.9 Å². The number of carboxylic acids is 1. The van der Waals surface area contributed by atoms with Crippen LogP contribution in [0.1, 0.15) is 24.8 Å². The third-order valence-electron chi connectivity index (χ3n) is 6.31. The van der Waals surface area contributed by atoms with Gasteiger partial charge in [-0.1, -0.05) is 18.2 Å². The first-order valence-electron chi connectivity index (χ1n) is 11.8. The summed E-state index contributed by atoms with van der Waals surface area (Å²) in [6.07, 6.45) is 5.15. The first-order chi connectivity index (χ1) is 17.3. The topological polar surface area (TPSA) is 158 Å². The number of aliphatic carboxylic acids is 1. The minimum atomic E-state index is -1.05. The number of thiol groups is 1. The molecule has 1 saturated heterocycles. The Bertz CT molecular complexity index is 1090. The smallest absolute Gasteiger partial charge is 0.326 e. The molecule has 2 aromatic rings. The highest BCUT2D eigenvalue weighted by Crippen LogP contribution is 2.21. The number of hydrogen-bond acceptors (Lipinski definition) is 7. The van der Waals surface area contributed by atoms with Crippen LogP contribution in [0.2, 0.25) is 0 Å². The zero-order chi connectivity index (χ0) is 26.2. The van der Waals surface area contributed by atoms with E-state index in [4.69, 9.17) is 5.73 Å². The highest BCUT2D eigenvalue weighted by atomic mass is 32.2. The Morgan fingerprint density at radius 2 is 1.94 bits per heavy atom. The molecular formula is C24H33N5O5S2. The van der Waals surface area contributed by atoms with Crippen molar-refractivity contribution in [3.8, 4) is 0 Å². The summed E-state index contributed by atoms with van der Waals surface area (Å²) in [5, 5.41) is 15.9. The van der Waals surface area contributed by atoms with Gasteiger partial charge in [-0.2, -0.15) is 24.4 Å². The van der Waals surface area contributed by atoms with Gasteiger partial charge < -0.3 is 31.4 Å². The van der Waals surface area contributed by atoms with Gasteiger partial charge in [0.1, 0.15) is 18.1 Å². The number of carboxylic acid groups (broad SMARTS) is 1. The van der Waals surface area contributed by atoms with Crippen LogP contribution in [-0.4, -0.2) is 87.2 Å². The van der Waals surface area contributed by atoms with E-state index in [9.17, 15) is 24.3 Å². The molecule has 3 rings (SSSR count). The van der Waals surface area contributed by atoms with Gasteiger partial charge in [0.15, 0.2) is 0 Å². The minimum absolute atomic E-state index is 0.105. The molecule has 0 spiro atoms. The predicted octanol–water partition coefficient (Wildman–Crippen LogP) is 0.766. The van der Waals surface area contributed by atoms with Crippen molar-refractivity contribution in [3.05, 3.63) is 36.0 Å². The van der Waals surface area contributed by atoms with Gasteiger partial charge in [0, 0.05) is 35.8 Å². The van der Waals surface area contributed by atoms with E-state index in [1.165, 1.54) is 16.7 Å². The third-order valence-corrected chi connectivity index (χ3v) is 7.35. The maximum absolute atomic E-state index is 13.5. The number of amides is 3. The van der Waals surface area contributed by atoms with Crippen LogP contribution in [0.5, 0.6) is 0 Å². The molecule has 1 aromatic heterocycles. The number of aromatic nitrogens is 1. The van der Waals surface area contributed by atoms with Gasteiger partial charge in [-0.25, -0.2) is 4.79 Å². The lowest BCUT2D eigenvalue weighted by Crippen LogP contribution is -2.58. The fraction of sp³-hybridized carbons (Fsp3) is 0.500. The fourth-order valence-electron chi connectivity index (χ4n) is 4.34. The minimum Gasteiger partial charge on any atom is -0.480 e. The second-order valence-electron chi connectivity index (χ2n) is 8.78. The number of nitrogens with two attached hydrogens (primary N) is 1. The lowest BCUT2D eigenvalue weighted by atomic mass is 10.0. The second kappa shape index (κ2) is 13.0. The van der Waals surface area contributed by atoms with Gasteiger partial charge in [-0.15, -0.1) is 0 Å². The molecule has 12 heteroatoms. The summed E-state index contributed by atoms with van der Waals surface area (Å²) in [5.74, 6) is -1.85. The van der Waals surface area contributed by atoms with Crippen LogP contribution in [0.3, 0.4) is 0 Å². The van der Waals surface area contributed by atoms with Crippen molar-refractivity contribution in [2.75, 3.05) is 24.3 Å². The van der Waals surface area contributed by atoms with Crippen molar-refractivity contribution in [1.82, 2.24) is 20.5 Å². The van der Waals surface area contributed by atoms with Crippen LogP contribution in [0.15, 0.2) is 30.5 Å². The second-order valence-corrected chi connectivity index (χ2v) is 10.1. The molecule has 3 amide bonds. The molecule has 10 nitrogen and oxygen atoms in total. The summed E-state index contributed by atoms with van der Waals surface area (Å²) in [5.41, 5.74) is 7.54. The number of aromatic amines is 1. The van der Waals surface area contributed by atoms with Crippen molar-refractivity contribution >= 4 is 59.0 Å². The van der Waals surface area contributed by atoms with Crippen LogP contribution in [0, 0.1) is 0 Å². The number of carbonyl (C=O) groups is 4. The van der Waals surface area contributed by atoms with Gasteiger partial charge in [0.2, 0.25) is 17.7 Å². The molecule has 1 fully saturated rings. The molecule has 0 radical (unpaired) electrons. The van der Waals surface area contributed by atoms with E-state index in [1.807, 2.05) is 30.5 Å². The zero-order valence-corrected chi connectivity index (χ0v) is 21.8. The van der Waals surface area contributed by atoms with Gasteiger partial charge in [-0.05, 0) is 42.9 Å². The lowest BCUT2D eigenvalue weighted by molar-refractivity contribution is -0.149. The monoisotopic (exact) mass is 535 g/mol. The maximum atomic E-state index is 13.5. The quantitative estimate of drug-likeness (QED) is 0.219. The summed E-state index contributed by atoms with van der Waals surface area (Å²) in [6.45, 7) is 0.327. The average Bonchev–Trinajstić information content (AvgIpc) is 3.53. The molecule has 4 atom stereocenters. The molecule has 6 N–H and O–H groups in total. The number of benzene rings is 1. The number of thioether (sulfide) groups is 1. The summed E-state index contributed by atoms with van der Waals surface area (Å²) < 4.78 is 0. The number of nitrogens with one attached hydrogen (secondary N) is 3. The normalized spacial score (nSPS) is 18.0. The van der Waals surface area contributed by atoms with Gasteiger partial charge in [0.25, 0.3) is 0 Å². The van der Waals surface area contributed by atoms with E-state index < -0.39 is 47.9 Å². The summed E-state index contributed by atoms with van der Waals surface area (Å²) in [7, 11) is 0. The molecule has 0 aliphatic carbocycles. The molecule has 0 bridgehead atoms. The Balaban J connectivity index is 1.83. The Labute approximate surface area is 219 Å². The summed E-state index contributed by atoms with van der Waals surface area (Å²) in [4.78, 5) is 55.5. The molecule has 1 aliphatic rings. The maximum Gasteiger partial charge on any atom is 0.326 e. The van der Waals surface area contributed by atoms with Crippen molar-refractivity contribution < 1.29 is 24.3 Å². The third kappa shape index (κ3) is 6.74. The summed E-state index contributed by atoms with van der Waals surface area (Å²) in [6, 6.07) is 3.90. The fourth-order valence-corrected chi connectivity index (χ4v) is 4.98. The van der Waals surface area contributed by atoms with Gasteiger partial charge >= 0.3 is 5.97 Å². The van der Waals surface area contributed by atoms with Crippen LogP contribution in [0.25, 0.3) is 10.9 Å². The van der Waals surface area contributed by atoms with Crippen LogP contribution in [0.4, 0.5) is 0 Å². The van der Waals surface area contributed by atoms with E-state index in [0.29, 0.717) is 31.6 Å². The number of rotatable bonds is 12. The van der Waals surface area contributed by atoms with Gasteiger partial charge in [-0.3, -0.25) is 14.4 Å². The van der Waals surface area contributed by atoms with E-state index in [0.717, 1.165) is 16.5 Å². The first-order valence-corrected chi connectivity index (χ1v) is 13.8. The average molecular weight is 536 g/mol. The standard InChI is InChI=1S/C24H33N5O5S2/c1-36-10-8-18(23(32)29-9-4-7-20(29)24(33)34)27-22(31)19(28-21(30)16(25)13-35)11-14-12-26-17-6-3-2-5-15(14)17/h2-3,5-6,12,16,18-20,26,35H,4,7-11,13,25H2,1H3,(H,27,31)(H,28,30)(H,33,34). The van der Waals surface area contributed by atoms with Crippen molar-refractivity contribution in [2.24, 2.45) is 5.73 Å². The molecule has 196 valence electrons. The predicted molar refractivity (Wildman–Crippen MR) is 143 cm³/mol. The number of carbonyl (C=O) groups excluding carboxylic acids is 3. The molecule has 2 heterocycles. The van der Waals surface area contributed by atoms with E-state index in [-0.39, 0.29) is 12.2 Å². The highest BCUT2D eigenvalue weighted by Gasteiger charge is 2.38. The van der Waals surface area contributed by atoms with Crippen LogP contribution >= 0.6 is 24.4 Å². The molecular weight excluding hydrogens is 502 g/mol. The van der Waals surface area contributed by atoms with E-state index in [2.05, 4.69) is 28.2 Å². The lowest BCUT2D eigenvalue weighted by Gasteiger charge is -2.29. The largest absolute Gasteiger partial charge is 0.480 e. The Hall–Kier alpha value is -2.70. The van der Waals surface area contributed by atoms with Crippen molar-refractivity contribution in [1.29, 1.82) is 0 Å². The number of likely N-dealkylation sites (tertiary alicyclic amines) is 1. The van der Waals surface area contributed by atoms with E-state index >= 15 is 0 Å². The van der Waals surface area contributed by atoms with Crippen LogP contribution < -0.4 is 16.4 Å². The highest BCUT2D eigenvalue weighted by molar-refractivity contribution is 7.98. The Kier molecular flexibility index (Phi) is 10.1. The Morgan fingerprint density at radius 3 is 2.64 bits per heavy atom. The molecule has 0 saturated carbocycles. The number of hydrogen-bond donors (Lipinski definition) is 6. The molecule has 36 heavy (non-hydrogen) atoms. The summed E-state index contributed by atoms with van der Waals surface area (Å²) >= 11 is 5.59. The van der Waals surface area contributed by atoms with E-state index in [1.54, 1.807) is 6.20 Å². The Morgan fingerprint density at radius 1 is 1.22 bits per heavy atom. The molecule has 1 aliphatic heterocycles. The molecule has 1 aromatic carbocycles. The first kappa shape index (κ1) is 27.9. The SMILES string of the molecule is CSCCC(NC(=O)C(Cc1c[nH]c2ccccc12)NC(=O)C(N)CS)C(=O)N1CCCC1C(=O)O. The van der Waals surface area contributed by atoms with Crippen LogP contribution in [-0.2, 0) is 25.6 Å². The van der Waals surface area contributed by atoms with Gasteiger partial charge in [0.05, 0.1) is 6.04 Å². The number of fused-ring (bicyclic) bond motifs is 1. The van der Waals surface area contributed by atoms with Crippen molar-refractivity contribution in [3.63, 3.8) is 0 Å².